The molecule has 0 saturated heterocycles. The molecule has 1 aromatic rings. The molecule has 0 radical (unpaired) electrons. The summed E-state index contributed by atoms with van der Waals surface area (Å²) in [7, 11) is -3.90. The van der Waals surface area contributed by atoms with E-state index in [1.807, 2.05) is 9.44 Å². The molecule has 0 saturated carbocycles. The minimum atomic E-state index is -3.90. The fraction of sp³-hybridized carbons (Fsp3) is 0.222. The summed E-state index contributed by atoms with van der Waals surface area (Å²) in [5, 5.41) is 8.44. The highest BCUT2D eigenvalue weighted by Crippen LogP contribution is 1.98. The van der Waals surface area contributed by atoms with Crippen molar-refractivity contribution < 1.29 is 18.3 Å². The molecule has 16 heavy (non-hydrogen) atoms. The Kier molecular flexibility index (Phi) is 4.41. The normalized spacial score (nSPS) is 11.1. The Morgan fingerprint density at radius 1 is 1.25 bits per heavy atom. The van der Waals surface area contributed by atoms with Crippen LogP contribution in [0.1, 0.15) is 10.4 Å². The SMILES string of the molecule is O=C(NS(=O)(=O)NCCO)c1ccccc1. The summed E-state index contributed by atoms with van der Waals surface area (Å²) in [6.45, 7) is -0.474. The standard InChI is InChI=1S/C9H12N2O4S/c12-7-6-10-16(14,15)11-9(13)8-4-2-1-3-5-8/h1-5,10,12H,6-7H2,(H,11,13). The van der Waals surface area contributed by atoms with Gasteiger partial charge >= 0.3 is 10.2 Å². The lowest BCUT2D eigenvalue weighted by Gasteiger charge is -2.06. The van der Waals surface area contributed by atoms with Crippen LogP contribution >= 0.6 is 0 Å². The maximum Gasteiger partial charge on any atom is 0.301 e. The summed E-state index contributed by atoms with van der Waals surface area (Å²) >= 11 is 0. The van der Waals surface area contributed by atoms with Crippen molar-refractivity contribution >= 4 is 16.1 Å². The molecule has 7 heteroatoms. The maximum atomic E-state index is 11.4. The first-order valence-corrected chi connectivity index (χ1v) is 6.01. The monoisotopic (exact) mass is 244 g/mol. The minimum absolute atomic E-state index is 0.141. The van der Waals surface area contributed by atoms with E-state index in [1.54, 1.807) is 18.2 Å². The van der Waals surface area contributed by atoms with Crippen LogP contribution in [0.15, 0.2) is 30.3 Å². The summed E-state index contributed by atoms with van der Waals surface area (Å²) < 4.78 is 26.3. The molecule has 3 N–H and O–H groups in total. The van der Waals surface area contributed by atoms with Crippen LogP contribution in [0, 0.1) is 0 Å². The van der Waals surface area contributed by atoms with Gasteiger partial charge in [0, 0.05) is 12.1 Å². The number of hydrogen-bond donors (Lipinski definition) is 3. The Hall–Kier alpha value is -1.44. The van der Waals surface area contributed by atoms with Gasteiger partial charge in [-0.2, -0.15) is 13.1 Å². The molecule has 0 aliphatic rings. The lowest BCUT2D eigenvalue weighted by molar-refractivity contribution is 0.0981. The van der Waals surface area contributed by atoms with Crippen molar-refractivity contribution in [2.45, 2.75) is 0 Å². The smallest absolute Gasteiger partial charge is 0.301 e. The van der Waals surface area contributed by atoms with E-state index in [2.05, 4.69) is 0 Å². The van der Waals surface area contributed by atoms with Crippen LogP contribution in [0.5, 0.6) is 0 Å². The first kappa shape index (κ1) is 12.6. The van der Waals surface area contributed by atoms with Crippen LogP contribution in [0.4, 0.5) is 0 Å². The van der Waals surface area contributed by atoms with Crippen molar-refractivity contribution in [1.82, 2.24) is 9.44 Å². The van der Waals surface area contributed by atoms with Crippen molar-refractivity contribution in [3.05, 3.63) is 35.9 Å². The Bertz CT molecular complexity index is 444. The molecule has 0 spiro atoms. The lowest BCUT2D eigenvalue weighted by atomic mass is 10.2. The van der Waals surface area contributed by atoms with Crippen molar-refractivity contribution in [2.75, 3.05) is 13.2 Å². The second kappa shape index (κ2) is 5.59. The highest BCUT2D eigenvalue weighted by molar-refractivity contribution is 7.88. The summed E-state index contributed by atoms with van der Waals surface area (Å²) in [4.78, 5) is 11.4. The van der Waals surface area contributed by atoms with Gasteiger partial charge in [0.2, 0.25) is 0 Å². The van der Waals surface area contributed by atoms with E-state index in [4.69, 9.17) is 5.11 Å². The van der Waals surface area contributed by atoms with Crippen LogP contribution in [-0.4, -0.2) is 32.6 Å². The molecule has 0 fully saturated rings. The zero-order chi connectivity index (χ0) is 12.0. The average Bonchev–Trinajstić information content (AvgIpc) is 2.27. The first-order chi connectivity index (χ1) is 7.55. The van der Waals surface area contributed by atoms with E-state index in [0.29, 0.717) is 0 Å². The summed E-state index contributed by atoms with van der Waals surface area (Å²) in [6, 6.07) is 7.97. The van der Waals surface area contributed by atoms with Gasteiger partial charge in [-0.1, -0.05) is 18.2 Å². The van der Waals surface area contributed by atoms with E-state index < -0.39 is 16.1 Å². The molecule has 0 aliphatic carbocycles. The molecule has 0 bridgehead atoms. The van der Waals surface area contributed by atoms with Crippen LogP contribution < -0.4 is 9.44 Å². The van der Waals surface area contributed by atoms with Crippen molar-refractivity contribution in [3.8, 4) is 0 Å². The topological polar surface area (TPSA) is 95.5 Å². The predicted molar refractivity (Wildman–Crippen MR) is 57.9 cm³/mol. The lowest BCUT2D eigenvalue weighted by Crippen LogP contribution is -2.41. The second-order valence-electron chi connectivity index (χ2n) is 2.92. The van der Waals surface area contributed by atoms with E-state index in [1.165, 1.54) is 12.1 Å². The molecule has 6 nitrogen and oxygen atoms in total. The fourth-order valence-corrected chi connectivity index (χ4v) is 1.78. The number of nitrogens with one attached hydrogen (secondary N) is 2. The van der Waals surface area contributed by atoms with E-state index in [-0.39, 0.29) is 18.7 Å². The van der Waals surface area contributed by atoms with Gasteiger partial charge in [-0.25, -0.2) is 4.72 Å². The van der Waals surface area contributed by atoms with E-state index in [0.717, 1.165) is 0 Å². The Morgan fingerprint density at radius 2 is 1.88 bits per heavy atom. The van der Waals surface area contributed by atoms with Gasteiger partial charge in [0.05, 0.1) is 6.61 Å². The first-order valence-electron chi connectivity index (χ1n) is 4.53. The number of benzene rings is 1. The number of aliphatic hydroxyl groups excluding tert-OH is 1. The molecule has 0 unspecified atom stereocenters. The van der Waals surface area contributed by atoms with Crippen LogP contribution in [0.2, 0.25) is 0 Å². The van der Waals surface area contributed by atoms with Gasteiger partial charge in [-0.15, -0.1) is 0 Å². The van der Waals surface area contributed by atoms with Crippen molar-refractivity contribution in [2.24, 2.45) is 0 Å². The molecule has 0 aromatic heterocycles. The van der Waals surface area contributed by atoms with Gasteiger partial charge in [0.25, 0.3) is 5.91 Å². The number of carbonyl (C=O) groups excluding carboxylic acids is 1. The van der Waals surface area contributed by atoms with Gasteiger partial charge < -0.3 is 5.11 Å². The van der Waals surface area contributed by atoms with Gasteiger partial charge in [0.15, 0.2) is 0 Å². The van der Waals surface area contributed by atoms with E-state index in [9.17, 15) is 13.2 Å². The number of carbonyl (C=O) groups is 1. The largest absolute Gasteiger partial charge is 0.395 e. The minimum Gasteiger partial charge on any atom is -0.395 e. The van der Waals surface area contributed by atoms with Crippen molar-refractivity contribution in [3.63, 3.8) is 0 Å². The molecular weight excluding hydrogens is 232 g/mol. The summed E-state index contributed by atoms with van der Waals surface area (Å²) in [6.07, 6.45) is 0. The van der Waals surface area contributed by atoms with Gasteiger partial charge in [-0.3, -0.25) is 4.79 Å². The molecule has 1 amide bonds. The Balaban J connectivity index is 2.65. The molecule has 1 rings (SSSR count). The third kappa shape index (κ3) is 3.97. The number of amides is 1. The molecule has 0 heterocycles. The highest BCUT2D eigenvalue weighted by atomic mass is 32.2. The Labute approximate surface area is 93.5 Å². The van der Waals surface area contributed by atoms with Crippen molar-refractivity contribution in [1.29, 1.82) is 0 Å². The average molecular weight is 244 g/mol. The van der Waals surface area contributed by atoms with E-state index >= 15 is 0 Å². The maximum absolute atomic E-state index is 11.4. The third-order valence-electron chi connectivity index (χ3n) is 1.67. The molecule has 1 aromatic carbocycles. The zero-order valence-electron chi connectivity index (χ0n) is 8.38. The van der Waals surface area contributed by atoms with Gasteiger partial charge in [-0.05, 0) is 12.1 Å². The molecule has 88 valence electrons. The number of aliphatic hydroxyl groups is 1. The summed E-state index contributed by atoms with van der Waals surface area (Å²) in [5.41, 5.74) is 0.247. The third-order valence-corrected chi connectivity index (χ3v) is 2.71. The number of rotatable bonds is 5. The molecular formula is C9H12N2O4S. The zero-order valence-corrected chi connectivity index (χ0v) is 9.20. The van der Waals surface area contributed by atoms with Crippen LogP contribution in [0.3, 0.4) is 0 Å². The fourth-order valence-electron chi connectivity index (χ4n) is 0.987. The second-order valence-corrected chi connectivity index (χ2v) is 4.42. The quantitative estimate of drug-likeness (QED) is 0.634. The van der Waals surface area contributed by atoms with Crippen LogP contribution in [-0.2, 0) is 10.2 Å². The summed E-state index contributed by atoms with van der Waals surface area (Å²) in [5.74, 6) is -0.717. The predicted octanol–water partition coefficient (Wildman–Crippen LogP) is -0.757. The Morgan fingerprint density at radius 3 is 2.44 bits per heavy atom. The number of hydrogen-bond acceptors (Lipinski definition) is 4. The molecule has 0 atom stereocenters. The highest BCUT2D eigenvalue weighted by Gasteiger charge is 2.14. The molecule has 0 aliphatic heterocycles. The van der Waals surface area contributed by atoms with Crippen LogP contribution in [0.25, 0.3) is 0 Å². The van der Waals surface area contributed by atoms with Gasteiger partial charge in [0.1, 0.15) is 0 Å².